The van der Waals surface area contributed by atoms with Gasteiger partial charge in [0.1, 0.15) is 5.00 Å². The molecule has 0 aliphatic heterocycles. The highest BCUT2D eigenvalue weighted by atomic mass is 32.1. The van der Waals surface area contributed by atoms with Gasteiger partial charge in [0.2, 0.25) is 0 Å². The molecule has 0 bridgehead atoms. The molecule has 0 fully saturated rings. The molecule has 3 nitrogen and oxygen atoms in total. The maximum absolute atomic E-state index is 11.0. The molecule has 0 atom stereocenters. The van der Waals surface area contributed by atoms with Gasteiger partial charge in [-0.1, -0.05) is 0 Å². The van der Waals surface area contributed by atoms with E-state index in [0.29, 0.717) is 6.61 Å². The van der Waals surface area contributed by atoms with Crippen molar-refractivity contribution in [3.63, 3.8) is 0 Å². The van der Waals surface area contributed by atoms with Crippen molar-refractivity contribution in [3.05, 3.63) is 16.5 Å². The van der Waals surface area contributed by atoms with E-state index in [1.165, 1.54) is 16.9 Å². The SMILES string of the molecule is CCOC(=O)Nc1scc(C)c1C. The number of aryl methyl sites for hydroxylation is 1. The Bertz CT molecular complexity index is 307. The monoisotopic (exact) mass is 199 g/mol. The molecule has 1 rings (SSSR count). The van der Waals surface area contributed by atoms with Gasteiger partial charge in [0.05, 0.1) is 6.61 Å². The van der Waals surface area contributed by atoms with Crippen molar-refractivity contribution in [2.24, 2.45) is 0 Å². The molecule has 0 radical (unpaired) electrons. The number of carbonyl (C=O) groups excluding carboxylic acids is 1. The predicted molar refractivity (Wildman–Crippen MR) is 54.4 cm³/mol. The molecule has 0 aromatic carbocycles. The van der Waals surface area contributed by atoms with Gasteiger partial charge in [0.15, 0.2) is 0 Å². The van der Waals surface area contributed by atoms with Crippen LogP contribution in [0.5, 0.6) is 0 Å². The van der Waals surface area contributed by atoms with Crippen LogP contribution >= 0.6 is 11.3 Å². The first-order valence-electron chi connectivity index (χ1n) is 4.13. The third kappa shape index (κ3) is 2.45. The van der Waals surface area contributed by atoms with Crippen LogP contribution in [0.2, 0.25) is 0 Å². The average Bonchev–Trinajstić information content (AvgIpc) is 2.37. The minimum absolute atomic E-state index is 0.382. The van der Waals surface area contributed by atoms with Gasteiger partial charge in [-0.05, 0) is 37.3 Å². The first-order valence-corrected chi connectivity index (χ1v) is 5.01. The Hall–Kier alpha value is -1.03. The molecule has 0 spiro atoms. The Morgan fingerprint density at radius 1 is 1.62 bits per heavy atom. The normalized spacial score (nSPS) is 9.77. The fourth-order valence-corrected chi connectivity index (χ4v) is 1.84. The Kier molecular flexibility index (Phi) is 3.31. The van der Waals surface area contributed by atoms with Gasteiger partial charge in [-0.3, -0.25) is 5.32 Å². The highest BCUT2D eigenvalue weighted by Gasteiger charge is 2.07. The lowest BCUT2D eigenvalue weighted by Crippen LogP contribution is -2.12. The van der Waals surface area contributed by atoms with Gasteiger partial charge in [-0.15, -0.1) is 11.3 Å². The van der Waals surface area contributed by atoms with Gasteiger partial charge < -0.3 is 4.74 Å². The number of nitrogens with one attached hydrogen (secondary N) is 1. The molecular formula is C9H13NO2S. The summed E-state index contributed by atoms with van der Waals surface area (Å²) in [6, 6.07) is 0. The van der Waals surface area contributed by atoms with E-state index in [2.05, 4.69) is 5.32 Å². The van der Waals surface area contributed by atoms with Crippen molar-refractivity contribution in [2.75, 3.05) is 11.9 Å². The molecule has 1 heterocycles. The van der Waals surface area contributed by atoms with Crippen molar-refractivity contribution < 1.29 is 9.53 Å². The molecule has 72 valence electrons. The minimum atomic E-state index is -0.382. The van der Waals surface area contributed by atoms with Crippen LogP contribution < -0.4 is 5.32 Å². The van der Waals surface area contributed by atoms with E-state index in [9.17, 15) is 4.79 Å². The van der Waals surface area contributed by atoms with Crippen LogP contribution in [0.3, 0.4) is 0 Å². The van der Waals surface area contributed by atoms with Crippen molar-refractivity contribution >= 4 is 22.4 Å². The Morgan fingerprint density at radius 2 is 2.31 bits per heavy atom. The van der Waals surface area contributed by atoms with Crippen LogP contribution in [0.1, 0.15) is 18.1 Å². The molecule has 0 aliphatic rings. The first kappa shape index (κ1) is 10.1. The number of carbonyl (C=O) groups is 1. The Morgan fingerprint density at radius 3 is 2.77 bits per heavy atom. The molecule has 1 aromatic heterocycles. The van der Waals surface area contributed by atoms with Gasteiger partial charge >= 0.3 is 6.09 Å². The summed E-state index contributed by atoms with van der Waals surface area (Å²) >= 11 is 1.52. The largest absolute Gasteiger partial charge is 0.450 e. The third-order valence-electron chi connectivity index (χ3n) is 1.78. The second-order valence-corrected chi connectivity index (χ2v) is 3.60. The number of hydrogen-bond donors (Lipinski definition) is 1. The van der Waals surface area contributed by atoms with Gasteiger partial charge in [-0.2, -0.15) is 0 Å². The number of anilines is 1. The Labute approximate surface area is 81.7 Å². The van der Waals surface area contributed by atoms with Gasteiger partial charge in [0.25, 0.3) is 0 Å². The fraction of sp³-hybridized carbons (Fsp3) is 0.444. The molecule has 1 N–H and O–H groups in total. The van der Waals surface area contributed by atoms with Crippen molar-refractivity contribution in [1.82, 2.24) is 0 Å². The predicted octanol–water partition coefficient (Wildman–Crippen LogP) is 2.93. The van der Waals surface area contributed by atoms with Crippen molar-refractivity contribution in [1.29, 1.82) is 0 Å². The summed E-state index contributed by atoms with van der Waals surface area (Å²) in [5, 5.41) is 5.57. The second-order valence-electron chi connectivity index (χ2n) is 2.72. The van der Waals surface area contributed by atoms with Gasteiger partial charge in [0, 0.05) is 0 Å². The van der Waals surface area contributed by atoms with Crippen LogP contribution in [-0.2, 0) is 4.74 Å². The maximum Gasteiger partial charge on any atom is 0.412 e. The van der Waals surface area contributed by atoms with Crippen LogP contribution in [0.25, 0.3) is 0 Å². The van der Waals surface area contributed by atoms with Crippen LogP contribution in [0.15, 0.2) is 5.38 Å². The quantitative estimate of drug-likeness (QED) is 0.795. The highest BCUT2D eigenvalue weighted by molar-refractivity contribution is 7.14. The fourth-order valence-electron chi connectivity index (χ4n) is 0.886. The lowest BCUT2D eigenvalue weighted by atomic mass is 10.2. The van der Waals surface area contributed by atoms with E-state index in [1.54, 1.807) is 6.92 Å². The Balaban J connectivity index is 2.64. The summed E-state index contributed by atoms with van der Waals surface area (Å²) in [5.74, 6) is 0. The van der Waals surface area contributed by atoms with E-state index in [4.69, 9.17) is 4.74 Å². The second kappa shape index (κ2) is 4.28. The number of hydrogen-bond acceptors (Lipinski definition) is 3. The lowest BCUT2D eigenvalue weighted by molar-refractivity contribution is 0.168. The summed E-state index contributed by atoms with van der Waals surface area (Å²) < 4.78 is 4.77. The van der Waals surface area contributed by atoms with E-state index >= 15 is 0 Å². The summed E-state index contributed by atoms with van der Waals surface area (Å²) in [4.78, 5) is 11.0. The smallest absolute Gasteiger partial charge is 0.412 e. The molecule has 0 unspecified atom stereocenters. The van der Waals surface area contributed by atoms with E-state index in [1.807, 2.05) is 19.2 Å². The minimum Gasteiger partial charge on any atom is -0.450 e. The zero-order valence-corrected chi connectivity index (χ0v) is 8.83. The molecule has 1 amide bonds. The molecule has 0 aliphatic carbocycles. The standard InChI is InChI=1S/C9H13NO2S/c1-4-12-9(11)10-8-7(3)6(2)5-13-8/h5H,4H2,1-3H3,(H,10,11). The van der Waals surface area contributed by atoms with Crippen molar-refractivity contribution in [2.45, 2.75) is 20.8 Å². The molecule has 0 saturated carbocycles. The van der Waals surface area contributed by atoms with E-state index < -0.39 is 0 Å². The number of amides is 1. The zero-order valence-electron chi connectivity index (χ0n) is 8.01. The topological polar surface area (TPSA) is 38.3 Å². The first-order chi connectivity index (χ1) is 6.15. The van der Waals surface area contributed by atoms with Crippen LogP contribution in [0, 0.1) is 13.8 Å². The third-order valence-corrected chi connectivity index (χ3v) is 2.89. The molecule has 4 heteroatoms. The molecular weight excluding hydrogens is 186 g/mol. The number of thiophene rings is 1. The van der Waals surface area contributed by atoms with Crippen LogP contribution in [-0.4, -0.2) is 12.7 Å². The van der Waals surface area contributed by atoms with E-state index in [-0.39, 0.29) is 6.09 Å². The highest BCUT2D eigenvalue weighted by Crippen LogP contribution is 2.26. The van der Waals surface area contributed by atoms with Gasteiger partial charge in [-0.25, -0.2) is 4.79 Å². The zero-order chi connectivity index (χ0) is 9.84. The average molecular weight is 199 g/mol. The van der Waals surface area contributed by atoms with E-state index in [0.717, 1.165) is 10.6 Å². The molecule has 13 heavy (non-hydrogen) atoms. The summed E-state index contributed by atoms with van der Waals surface area (Å²) in [6.45, 7) is 6.18. The lowest BCUT2D eigenvalue weighted by Gasteiger charge is -2.03. The molecule has 1 aromatic rings. The van der Waals surface area contributed by atoms with Crippen LogP contribution in [0.4, 0.5) is 9.80 Å². The summed E-state index contributed by atoms with van der Waals surface area (Å²) in [5.41, 5.74) is 2.30. The maximum atomic E-state index is 11.0. The summed E-state index contributed by atoms with van der Waals surface area (Å²) in [7, 11) is 0. The summed E-state index contributed by atoms with van der Waals surface area (Å²) in [6.07, 6.45) is -0.382. The molecule has 0 saturated heterocycles. The number of rotatable bonds is 2. The number of ether oxygens (including phenoxy) is 1. The van der Waals surface area contributed by atoms with Crippen molar-refractivity contribution in [3.8, 4) is 0 Å².